The zero-order chi connectivity index (χ0) is 25.8. The average Bonchev–Trinajstić information content (AvgIpc) is 3.40. The van der Waals surface area contributed by atoms with E-state index in [0.29, 0.717) is 12.2 Å². The summed E-state index contributed by atoms with van der Waals surface area (Å²) in [6.45, 7) is 3.75. The number of hydrogen-bond acceptors (Lipinski definition) is 6. The first-order valence-electron chi connectivity index (χ1n) is 11.9. The molecule has 2 amide bonds. The van der Waals surface area contributed by atoms with E-state index in [2.05, 4.69) is 10.6 Å². The number of hydrogen-bond donors (Lipinski definition) is 2. The van der Waals surface area contributed by atoms with Crippen LogP contribution in [0, 0.1) is 5.92 Å². The molecule has 0 bridgehead atoms. The van der Waals surface area contributed by atoms with Crippen LogP contribution in [0.2, 0.25) is 0 Å². The van der Waals surface area contributed by atoms with Crippen LogP contribution in [-0.4, -0.2) is 35.6 Å². The molecule has 0 unspecified atom stereocenters. The van der Waals surface area contributed by atoms with Crippen LogP contribution in [0.5, 0.6) is 0 Å². The van der Waals surface area contributed by atoms with E-state index in [9.17, 15) is 14.4 Å². The Balaban J connectivity index is 1.61. The van der Waals surface area contributed by atoms with Gasteiger partial charge in [-0.2, -0.15) is 0 Å². The third-order valence-corrected chi connectivity index (χ3v) is 6.47. The van der Waals surface area contributed by atoms with E-state index in [1.165, 1.54) is 11.8 Å². The van der Waals surface area contributed by atoms with Gasteiger partial charge in [-0.25, -0.2) is 4.79 Å². The van der Waals surface area contributed by atoms with E-state index in [1.807, 2.05) is 80.6 Å². The van der Waals surface area contributed by atoms with Crippen LogP contribution in [0.1, 0.15) is 30.7 Å². The van der Waals surface area contributed by atoms with E-state index in [0.717, 1.165) is 16.9 Å². The fourth-order valence-corrected chi connectivity index (χ4v) is 4.40. The van der Waals surface area contributed by atoms with Crippen molar-refractivity contribution in [3.63, 3.8) is 0 Å². The Morgan fingerprint density at radius 1 is 0.889 bits per heavy atom. The molecule has 2 N–H and O–H groups in total. The van der Waals surface area contributed by atoms with Crippen LogP contribution in [0.15, 0.2) is 83.5 Å². The second-order valence-electron chi connectivity index (χ2n) is 8.72. The maximum atomic E-state index is 13.2. The lowest BCUT2D eigenvalue weighted by Crippen LogP contribution is -2.54. The number of rotatable bonds is 13. The Kier molecular flexibility index (Phi) is 10.6. The lowest BCUT2D eigenvalue weighted by Gasteiger charge is -2.25. The average molecular weight is 509 g/mol. The van der Waals surface area contributed by atoms with E-state index in [1.54, 1.807) is 12.3 Å². The summed E-state index contributed by atoms with van der Waals surface area (Å²) in [5.41, 5.74) is 1.78. The highest BCUT2D eigenvalue weighted by Crippen LogP contribution is 2.15. The van der Waals surface area contributed by atoms with Gasteiger partial charge in [0.1, 0.15) is 18.4 Å². The number of Topliss-reactive ketones (excluding diaryl/α,β-unsaturated/α-hetero) is 1. The first-order chi connectivity index (χ1) is 17.4. The number of alkyl carbamates (subject to hydrolysis) is 1. The van der Waals surface area contributed by atoms with Gasteiger partial charge < -0.3 is 19.8 Å². The minimum Gasteiger partial charge on any atom is -0.468 e. The Hall–Kier alpha value is -3.52. The molecular formula is C28H32N2O5S. The van der Waals surface area contributed by atoms with Gasteiger partial charge in [0.25, 0.3) is 0 Å². The standard InChI is InChI=1S/C28H32N2O5S/c1-20(2)26(30-28(33)35-17-22-12-7-4-8-13-22)27(32)29-24(16-21-10-5-3-6-11-21)25(31)19-36-18-23-14-9-15-34-23/h3-15,20,24,26H,16-19H2,1-2H3,(H,29,32)(H,30,33)/t24-,26-/m0/s1. The van der Waals surface area contributed by atoms with E-state index in [-0.39, 0.29) is 24.1 Å². The summed E-state index contributed by atoms with van der Waals surface area (Å²) in [6.07, 6.45) is 1.27. The van der Waals surface area contributed by atoms with Crippen LogP contribution in [-0.2, 0) is 33.1 Å². The van der Waals surface area contributed by atoms with E-state index in [4.69, 9.17) is 9.15 Å². The molecule has 0 fully saturated rings. The fraction of sp³-hybridized carbons (Fsp3) is 0.321. The Labute approximate surface area is 216 Å². The number of carbonyl (C=O) groups excluding carboxylic acids is 3. The van der Waals surface area contributed by atoms with E-state index >= 15 is 0 Å². The van der Waals surface area contributed by atoms with Crippen molar-refractivity contribution in [1.29, 1.82) is 0 Å². The maximum Gasteiger partial charge on any atom is 0.408 e. The van der Waals surface area contributed by atoms with Crippen LogP contribution < -0.4 is 10.6 Å². The van der Waals surface area contributed by atoms with Gasteiger partial charge in [-0.15, -0.1) is 11.8 Å². The lowest BCUT2D eigenvalue weighted by atomic mass is 10.00. The quantitative estimate of drug-likeness (QED) is 0.346. The van der Waals surface area contributed by atoms with Gasteiger partial charge in [-0.05, 0) is 35.6 Å². The summed E-state index contributed by atoms with van der Waals surface area (Å²) >= 11 is 1.43. The summed E-state index contributed by atoms with van der Waals surface area (Å²) in [4.78, 5) is 38.7. The monoisotopic (exact) mass is 508 g/mol. The summed E-state index contributed by atoms with van der Waals surface area (Å²) in [6, 6.07) is 20.9. The minimum absolute atomic E-state index is 0.0983. The molecular weight excluding hydrogens is 476 g/mol. The van der Waals surface area contributed by atoms with Crippen molar-refractivity contribution < 1.29 is 23.5 Å². The van der Waals surface area contributed by atoms with Crippen molar-refractivity contribution in [3.05, 3.63) is 95.9 Å². The summed E-state index contributed by atoms with van der Waals surface area (Å²) in [5, 5.41) is 5.53. The fourth-order valence-electron chi connectivity index (χ4n) is 3.53. The highest BCUT2D eigenvalue weighted by Gasteiger charge is 2.29. The molecule has 2 aromatic carbocycles. The van der Waals surface area contributed by atoms with Crippen LogP contribution in [0.25, 0.3) is 0 Å². The van der Waals surface area contributed by atoms with Crippen LogP contribution in [0.3, 0.4) is 0 Å². The predicted molar refractivity (Wildman–Crippen MR) is 140 cm³/mol. The molecule has 0 aliphatic carbocycles. The third-order valence-electron chi connectivity index (χ3n) is 5.49. The molecule has 1 heterocycles. The molecule has 36 heavy (non-hydrogen) atoms. The topological polar surface area (TPSA) is 97.6 Å². The molecule has 2 atom stereocenters. The molecule has 190 valence electrons. The van der Waals surface area contributed by atoms with Crippen molar-refractivity contribution >= 4 is 29.5 Å². The summed E-state index contributed by atoms with van der Waals surface area (Å²) in [5.74, 6) is 0.834. The molecule has 0 saturated carbocycles. The zero-order valence-electron chi connectivity index (χ0n) is 20.5. The smallest absolute Gasteiger partial charge is 0.408 e. The van der Waals surface area contributed by atoms with Crippen molar-refractivity contribution in [1.82, 2.24) is 10.6 Å². The van der Waals surface area contributed by atoms with Crippen molar-refractivity contribution in [2.75, 3.05) is 5.75 Å². The molecule has 3 aromatic rings. The van der Waals surface area contributed by atoms with Gasteiger partial charge in [0.05, 0.1) is 23.8 Å². The van der Waals surface area contributed by atoms with Crippen LogP contribution >= 0.6 is 11.8 Å². The van der Waals surface area contributed by atoms with Gasteiger partial charge in [0.15, 0.2) is 5.78 Å². The predicted octanol–water partition coefficient (Wildman–Crippen LogP) is 4.76. The second-order valence-corrected chi connectivity index (χ2v) is 9.70. The normalized spacial score (nSPS) is 12.5. The first kappa shape index (κ1) is 27.1. The maximum absolute atomic E-state index is 13.2. The van der Waals surface area contributed by atoms with E-state index < -0.39 is 24.1 Å². The molecule has 0 aliphatic heterocycles. The van der Waals surface area contributed by atoms with Crippen molar-refractivity contribution in [3.8, 4) is 0 Å². The van der Waals surface area contributed by atoms with Crippen molar-refractivity contribution in [2.24, 2.45) is 5.92 Å². The Bertz CT molecular complexity index is 1090. The molecule has 8 heteroatoms. The number of benzene rings is 2. The summed E-state index contributed by atoms with van der Waals surface area (Å²) in [7, 11) is 0. The molecule has 0 aliphatic rings. The largest absolute Gasteiger partial charge is 0.468 e. The lowest BCUT2D eigenvalue weighted by molar-refractivity contribution is -0.128. The van der Waals surface area contributed by atoms with Gasteiger partial charge in [-0.1, -0.05) is 74.5 Å². The highest BCUT2D eigenvalue weighted by molar-refractivity contribution is 7.99. The molecule has 7 nitrogen and oxygen atoms in total. The van der Waals surface area contributed by atoms with Gasteiger partial charge in [-0.3, -0.25) is 9.59 Å². The number of ether oxygens (including phenoxy) is 1. The number of furan rings is 1. The number of amides is 2. The number of thioether (sulfide) groups is 1. The van der Waals surface area contributed by atoms with Gasteiger partial charge in [0.2, 0.25) is 5.91 Å². The molecule has 1 aromatic heterocycles. The zero-order valence-corrected chi connectivity index (χ0v) is 21.3. The van der Waals surface area contributed by atoms with Crippen molar-refractivity contribution in [2.45, 2.75) is 44.7 Å². The number of ketones is 1. The van der Waals surface area contributed by atoms with Crippen LogP contribution in [0.4, 0.5) is 4.79 Å². The minimum atomic E-state index is -0.852. The Morgan fingerprint density at radius 3 is 2.17 bits per heavy atom. The molecule has 0 saturated heterocycles. The molecule has 0 spiro atoms. The highest BCUT2D eigenvalue weighted by atomic mass is 32.2. The number of nitrogens with one attached hydrogen (secondary N) is 2. The second kappa shape index (κ2) is 14.1. The SMILES string of the molecule is CC(C)[C@H](NC(=O)OCc1ccccc1)C(=O)N[C@@H](Cc1ccccc1)C(=O)CSCc1ccco1. The Morgan fingerprint density at radius 2 is 1.56 bits per heavy atom. The summed E-state index contributed by atoms with van der Waals surface area (Å²) < 4.78 is 10.6. The third kappa shape index (κ3) is 8.92. The van der Waals surface area contributed by atoms with Gasteiger partial charge >= 0.3 is 6.09 Å². The molecule has 3 rings (SSSR count). The number of carbonyl (C=O) groups is 3. The molecule has 0 radical (unpaired) electrons. The van der Waals surface area contributed by atoms with Gasteiger partial charge in [0, 0.05) is 0 Å². The first-order valence-corrected chi connectivity index (χ1v) is 13.0.